The van der Waals surface area contributed by atoms with Gasteiger partial charge in [-0.25, -0.2) is 4.39 Å². The molecule has 2 N–H and O–H groups in total. The van der Waals surface area contributed by atoms with Crippen molar-refractivity contribution in [3.05, 3.63) is 24.0 Å². The lowest BCUT2D eigenvalue weighted by atomic mass is 10.0. The van der Waals surface area contributed by atoms with Gasteiger partial charge in [0.1, 0.15) is 11.6 Å². The van der Waals surface area contributed by atoms with Gasteiger partial charge < -0.3 is 15.4 Å². The van der Waals surface area contributed by atoms with E-state index in [1.165, 1.54) is 30.2 Å². The van der Waals surface area contributed by atoms with E-state index in [1.807, 2.05) is 0 Å². The molecule has 1 saturated heterocycles. The maximum Gasteiger partial charge on any atom is 0.243 e. The number of carbonyl (C=O) groups is 1. The van der Waals surface area contributed by atoms with Gasteiger partial charge in [-0.2, -0.15) is 0 Å². The van der Waals surface area contributed by atoms with Crippen molar-refractivity contribution in [2.75, 3.05) is 18.6 Å². The van der Waals surface area contributed by atoms with E-state index >= 15 is 0 Å². The highest BCUT2D eigenvalue weighted by molar-refractivity contribution is 5.98. The van der Waals surface area contributed by atoms with Crippen molar-refractivity contribution in [1.29, 1.82) is 0 Å². The van der Waals surface area contributed by atoms with Crippen molar-refractivity contribution in [1.82, 2.24) is 0 Å². The van der Waals surface area contributed by atoms with E-state index in [0.717, 1.165) is 6.42 Å². The van der Waals surface area contributed by atoms with Gasteiger partial charge in [-0.1, -0.05) is 0 Å². The van der Waals surface area contributed by atoms with E-state index in [2.05, 4.69) is 0 Å². The van der Waals surface area contributed by atoms with Crippen LogP contribution in [0.3, 0.4) is 0 Å². The Balaban J connectivity index is 2.35. The van der Waals surface area contributed by atoms with Crippen molar-refractivity contribution in [3.8, 4) is 5.75 Å². The van der Waals surface area contributed by atoms with Gasteiger partial charge in [0.15, 0.2) is 0 Å². The van der Waals surface area contributed by atoms with E-state index < -0.39 is 11.9 Å². The molecule has 1 aromatic carbocycles. The average Bonchev–Trinajstić information content (AvgIpc) is 2.34. The Morgan fingerprint density at radius 3 is 3.00 bits per heavy atom. The van der Waals surface area contributed by atoms with Crippen LogP contribution in [0.25, 0.3) is 0 Å². The molecule has 0 saturated carbocycles. The summed E-state index contributed by atoms with van der Waals surface area (Å²) in [6.07, 6.45) is 1.43. The molecular weight excluding hydrogens is 223 g/mol. The summed E-state index contributed by atoms with van der Waals surface area (Å²) < 4.78 is 18.7. The monoisotopic (exact) mass is 238 g/mol. The number of rotatable bonds is 2. The Hall–Kier alpha value is -1.62. The summed E-state index contributed by atoms with van der Waals surface area (Å²) in [7, 11) is 1.50. The summed E-state index contributed by atoms with van der Waals surface area (Å²) in [6.45, 7) is 0.497. The van der Waals surface area contributed by atoms with Gasteiger partial charge in [-0.15, -0.1) is 0 Å². The number of halogens is 1. The summed E-state index contributed by atoms with van der Waals surface area (Å²) in [6, 6.07) is 3.80. The molecule has 0 bridgehead atoms. The number of methoxy groups -OCH3 is 1. The first kappa shape index (κ1) is 11.9. The van der Waals surface area contributed by atoms with Gasteiger partial charge in [0.2, 0.25) is 5.91 Å². The summed E-state index contributed by atoms with van der Waals surface area (Å²) >= 11 is 0. The highest BCUT2D eigenvalue weighted by Gasteiger charge is 2.28. The molecule has 0 radical (unpaired) electrons. The van der Waals surface area contributed by atoms with Crippen LogP contribution in [-0.2, 0) is 4.79 Å². The largest absolute Gasteiger partial charge is 0.497 e. The third-order valence-electron chi connectivity index (χ3n) is 2.92. The van der Waals surface area contributed by atoms with Crippen LogP contribution in [0.4, 0.5) is 10.1 Å². The number of benzene rings is 1. The minimum absolute atomic E-state index is 0.233. The SMILES string of the molecule is COc1ccc(F)c(N2CCCC(N)C2=O)c1. The standard InChI is InChI=1S/C12H15FN2O2/c1-17-8-4-5-9(13)11(7-8)15-6-2-3-10(14)12(15)16/h4-5,7,10H,2-3,6,14H2,1H3. The molecule has 2 rings (SSSR count). The highest BCUT2D eigenvalue weighted by atomic mass is 19.1. The number of hydrogen-bond donors (Lipinski definition) is 1. The fraction of sp³-hybridized carbons (Fsp3) is 0.417. The molecule has 1 aliphatic rings. The van der Waals surface area contributed by atoms with Gasteiger partial charge in [-0.3, -0.25) is 4.79 Å². The van der Waals surface area contributed by atoms with Gasteiger partial charge >= 0.3 is 0 Å². The Bertz CT molecular complexity index is 437. The Morgan fingerprint density at radius 2 is 2.29 bits per heavy atom. The molecule has 0 spiro atoms. The predicted molar refractivity (Wildman–Crippen MR) is 62.5 cm³/mol. The van der Waals surface area contributed by atoms with E-state index in [-0.39, 0.29) is 11.6 Å². The number of amides is 1. The molecule has 4 nitrogen and oxygen atoms in total. The van der Waals surface area contributed by atoms with E-state index in [1.54, 1.807) is 0 Å². The van der Waals surface area contributed by atoms with E-state index in [9.17, 15) is 9.18 Å². The molecule has 0 aromatic heterocycles. The van der Waals surface area contributed by atoms with Crippen molar-refractivity contribution in [2.45, 2.75) is 18.9 Å². The van der Waals surface area contributed by atoms with Crippen LogP contribution in [0.5, 0.6) is 5.75 Å². The van der Waals surface area contributed by atoms with Crippen LogP contribution >= 0.6 is 0 Å². The zero-order valence-corrected chi connectivity index (χ0v) is 9.65. The zero-order valence-electron chi connectivity index (χ0n) is 9.65. The van der Waals surface area contributed by atoms with Crippen LogP contribution in [-0.4, -0.2) is 25.6 Å². The maximum atomic E-state index is 13.7. The van der Waals surface area contributed by atoms with Crippen molar-refractivity contribution in [2.24, 2.45) is 5.73 Å². The number of nitrogens with two attached hydrogens (primary N) is 1. The Kier molecular flexibility index (Phi) is 3.28. The Labute approximate surface area is 99.2 Å². The molecule has 17 heavy (non-hydrogen) atoms. The first-order valence-electron chi connectivity index (χ1n) is 5.54. The summed E-state index contributed by atoms with van der Waals surface area (Å²) in [5.74, 6) is -0.148. The van der Waals surface area contributed by atoms with Crippen LogP contribution in [0.2, 0.25) is 0 Å². The van der Waals surface area contributed by atoms with Crippen molar-refractivity contribution >= 4 is 11.6 Å². The quantitative estimate of drug-likeness (QED) is 0.844. The number of hydrogen-bond acceptors (Lipinski definition) is 3. The molecule has 1 fully saturated rings. The molecule has 1 aliphatic heterocycles. The maximum absolute atomic E-state index is 13.7. The normalized spacial score (nSPS) is 20.5. The van der Waals surface area contributed by atoms with Gasteiger partial charge in [0, 0.05) is 12.6 Å². The average molecular weight is 238 g/mol. The second-order valence-electron chi connectivity index (χ2n) is 4.06. The summed E-state index contributed by atoms with van der Waals surface area (Å²) in [4.78, 5) is 13.3. The second kappa shape index (κ2) is 4.71. The number of anilines is 1. The first-order chi connectivity index (χ1) is 8.13. The fourth-order valence-electron chi connectivity index (χ4n) is 1.97. The van der Waals surface area contributed by atoms with Crippen LogP contribution in [0.15, 0.2) is 18.2 Å². The molecular formula is C12H15FN2O2. The van der Waals surface area contributed by atoms with Crippen molar-refractivity contribution < 1.29 is 13.9 Å². The van der Waals surface area contributed by atoms with Crippen LogP contribution < -0.4 is 15.4 Å². The summed E-state index contributed by atoms with van der Waals surface area (Å²) in [5.41, 5.74) is 5.92. The smallest absolute Gasteiger partial charge is 0.243 e. The molecule has 1 aromatic rings. The predicted octanol–water partition coefficient (Wildman–Crippen LogP) is 1.29. The molecule has 92 valence electrons. The Morgan fingerprint density at radius 1 is 1.53 bits per heavy atom. The van der Waals surface area contributed by atoms with E-state index in [4.69, 9.17) is 10.5 Å². The fourth-order valence-corrected chi connectivity index (χ4v) is 1.97. The second-order valence-corrected chi connectivity index (χ2v) is 4.06. The lowest BCUT2D eigenvalue weighted by Gasteiger charge is -2.30. The van der Waals surface area contributed by atoms with Crippen LogP contribution in [0, 0.1) is 5.82 Å². The number of carbonyl (C=O) groups excluding carboxylic acids is 1. The van der Waals surface area contributed by atoms with Gasteiger partial charge in [0.05, 0.1) is 18.8 Å². The topological polar surface area (TPSA) is 55.6 Å². The summed E-state index contributed by atoms with van der Waals surface area (Å²) in [5, 5.41) is 0. The third kappa shape index (κ3) is 2.24. The van der Waals surface area contributed by atoms with Gasteiger partial charge in [-0.05, 0) is 25.0 Å². The molecule has 1 amide bonds. The molecule has 1 unspecified atom stereocenters. The molecule has 0 aliphatic carbocycles. The minimum Gasteiger partial charge on any atom is -0.497 e. The van der Waals surface area contributed by atoms with Crippen molar-refractivity contribution in [3.63, 3.8) is 0 Å². The molecule has 5 heteroatoms. The number of ether oxygens (including phenoxy) is 1. The van der Waals surface area contributed by atoms with Gasteiger partial charge in [0.25, 0.3) is 0 Å². The minimum atomic E-state index is -0.533. The highest BCUT2D eigenvalue weighted by Crippen LogP contribution is 2.27. The van der Waals surface area contributed by atoms with E-state index in [0.29, 0.717) is 18.7 Å². The first-order valence-corrected chi connectivity index (χ1v) is 5.54. The zero-order chi connectivity index (χ0) is 12.4. The van der Waals surface area contributed by atoms with Crippen LogP contribution in [0.1, 0.15) is 12.8 Å². The molecule has 1 heterocycles. The number of piperidine rings is 1. The lowest BCUT2D eigenvalue weighted by Crippen LogP contribution is -2.48. The third-order valence-corrected chi connectivity index (χ3v) is 2.92. The molecule has 1 atom stereocenters. The lowest BCUT2D eigenvalue weighted by molar-refractivity contribution is -0.120. The number of nitrogens with zero attached hydrogens (tertiary/aromatic N) is 1.